The molecule has 2 unspecified atom stereocenters. The molecule has 4 atom stereocenters. The average Bonchev–Trinajstić information content (AvgIpc) is 2.96. The summed E-state index contributed by atoms with van der Waals surface area (Å²) >= 11 is 0. The van der Waals surface area contributed by atoms with Crippen molar-refractivity contribution in [3.8, 4) is 0 Å². The van der Waals surface area contributed by atoms with Gasteiger partial charge in [0.25, 0.3) is 0 Å². The molecule has 0 saturated carbocycles. The van der Waals surface area contributed by atoms with Crippen molar-refractivity contribution < 1.29 is 33.1 Å². The lowest BCUT2D eigenvalue weighted by molar-refractivity contribution is -0.119. The molecule has 2 heterocycles. The average molecular weight is 302 g/mol. The van der Waals surface area contributed by atoms with Crippen LogP contribution in [0.3, 0.4) is 0 Å². The van der Waals surface area contributed by atoms with E-state index in [-0.39, 0.29) is 18.8 Å². The molecular formula is C12H15O7P. The molecule has 110 valence electrons. The molecule has 0 radical (unpaired) electrons. The van der Waals surface area contributed by atoms with Crippen LogP contribution in [0.25, 0.3) is 0 Å². The van der Waals surface area contributed by atoms with E-state index in [0.717, 1.165) is 5.56 Å². The van der Waals surface area contributed by atoms with Gasteiger partial charge in [0.2, 0.25) is 0 Å². The van der Waals surface area contributed by atoms with Gasteiger partial charge >= 0.3 is 7.82 Å². The van der Waals surface area contributed by atoms with Gasteiger partial charge in [-0.15, -0.1) is 0 Å². The smallest absolute Gasteiger partial charge is 0.370 e. The van der Waals surface area contributed by atoms with Crippen molar-refractivity contribution in [2.24, 2.45) is 0 Å². The highest BCUT2D eigenvalue weighted by Crippen LogP contribution is 2.40. The Morgan fingerprint density at radius 1 is 1.25 bits per heavy atom. The second-order valence-corrected chi connectivity index (χ2v) is 5.92. The fourth-order valence-corrected chi connectivity index (χ4v) is 2.69. The molecule has 8 heteroatoms. The molecular weight excluding hydrogens is 287 g/mol. The summed E-state index contributed by atoms with van der Waals surface area (Å²) < 4.78 is 32.1. The predicted molar refractivity (Wildman–Crippen MR) is 66.7 cm³/mol. The zero-order valence-corrected chi connectivity index (χ0v) is 11.4. The Morgan fingerprint density at radius 2 is 2.00 bits per heavy atom. The lowest BCUT2D eigenvalue weighted by Crippen LogP contribution is -2.31. The van der Waals surface area contributed by atoms with Crippen LogP contribution < -0.4 is 0 Å². The molecule has 2 fully saturated rings. The zero-order valence-electron chi connectivity index (χ0n) is 10.5. The number of fused-ring (bicyclic) bond motifs is 1. The largest absolute Gasteiger partial charge is 0.469 e. The molecule has 1 aromatic rings. The maximum Gasteiger partial charge on any atom is 0.469 e. The fraction of sp³-hybridized carbons (Fsp3) is 0.500. The third-order valence-electron chi connectivity index (χ3n) is 3.27. The standard InChI is InChI=1S/C12H15O7P/c13-20(14,15)17-7-9-11-10(6-16-9)18-12(19-11)8-4-2-1-3-5-8/h1-5,9-12H,6-7H2,(H2,13,14,15)/t9-,10-,11?,12?/m1/s1. The van der Waals surface area contributed by atoms with Gasteiger partial charge < -0.3 is 24.0 Å². The molecule has 2 N–H and O–H groups in total. The molecule has 7 nitrogen and oxygen atoms in total. The first kappa shape index (κ1) is 14.2. The minimum atomic E-state index is -4.50. The van der Waals surface area contributed by atoms with Crippen LogP contribution >= 0.6 is 7.82 Å². The van der Waals surface area contributed by atoms with Gasteiger partial charge in [0.15, 0.2) is 6.29 Å². The van der Waals surface area contributed by atoms with Crippen molar-refractivity contribution >= 4 is 7.82 Å². The fourth-order valence-electron chi connectivity index (χ4n) is 2.35. The van der Waals surface area contributed by atoms with Gasteiger partial charge in [0.05, 0.1) is 13.2 Å². The second-order valence-electron chi connectivity index (χ2n) is 4.68. The van der Waals surface area contributed by atoms with Gasteiger partial charge in [-0.1, -0.05) is 30.3 Å². The van der Waals surface area contributed by atoms with Crippen LogP contribution in [-0.2, 0) is 23.3 Å². The molecule has 2 aliphatic heterocycles. The van der Waals surface area contributed by atoms with Gasteiger partial charge in [0.1, 0.15) is 18.3 Å². The van der Waals surface area contributed by atoms with Crippen molar-refractivity contribution in [3.05, 3.63) is 35.9 Å². The van der Waals surface area contributed by atoms with Crippen molar-refractivity contribution in [2.75, 3.05) is 13.2 Å². The van der Waals surface area contributed by atoms with E-state index in [0.29, 0.717) is 6.61 Å². The second kappa shape index (κ2) is 5.54. The van der Waals surface area contributed by atoms with Crippen LogP contribution in [0, 0.1) is 0 Å². The lowest BCUT2D eigenvalue weighted by Gasteiger charge is -2.18. The van der Waals surface area contributed by atoms with E-state index in [2.05, 4.69) is 4.52 Å². The first-order chi connectivity index (χ1) is 9.53. The lowest BCUT2D eigenvalue weighted by atomic mass is 10.2. The van der Waals surface area contributed by atoms with E-state index < -0.39 is 20.2 Å². The van der Waals surface area contributed by atoms with Crippen LogP contribution in [0.5, 0.6) is 0 Å². The summed E-state index contributed by atoms with van der Waals surface area (Å²) in [6.45, 7) is 0.0967. The minimum Gasteiger partial charge on any atom is -0.370 e. The highest BCUT2D eigenvalue weighted by Gasteiger charge is 2.47. The molecule has 0 aromatic heterocycles. The third-order valence-corrected chi connectivity index (χ3v) is 3.75. The Labute approximate surface area is 115 Å². The number of ether oxygens (including phenoxy) is 3. The Balaban J connectivity index is 1.62. The highest BCUT2D eigenvalue weighted by atomic mass is 31.2. The van der Waals surface area contributed by atoms with Crippen LogP contribution in [0.2, 0.25) is 0 Å². The maximum atomic E-state index is 10.7. The van der Waals surface area contributed by atoms with E-state index in [1.54, 1.807) is 0 Å². The Hall–Kier alpha value is -0.790. The summed E-state index contributed by atoms with van der Waals surface area (Å²) in [6, 6.07) is 9.47. The van der Waals surface area contributed by atoms with E-state index in [1.165, 1.54) is 0 Å². The molecule has 1 aromatic carbocycles. The quantitative estimate of drug-likeness (QED) is 0.800. The monoisotopic (exact) mass is 302 g/mol. The number of rotatable bonds is 4. The number of hydrogen-bond acceptors (Lipinski definition) is 5. The Kier molecular flexibility index (Phi) is 3.92. The van der Waals surface area contributed by atoms with Crippen LogP contribution in [0.1, 0.15) is 11.9 Å². The third kappa shape index (κ3) is 3.10. The van der Waals surface area contributed by atoms with E-state index in [1.807, 2.05) is 30.3 Å². The molecule has 3 rings (SSSR count). The van der Waals surface area contributed by atoms with Gasteiger partial charge in [-0.3, -0.25) is 4.52 Å². The van der Waals surface area contributed by atoms with Crippen molar-refractivity contribution in [1.29, 1.82) is 0 Å². The Bertz CT molecular complexity index is 502. The van der Waals surface area contributed by atoms with Crippen LogP contribution in [0.15, 0.2) is 30.3 Å². The van der Waals surface area contributed by atoms with E-state index in [4.69, 9.17) is 24.0 Å². The summed E-state index contributed by atoms with van der Waals surface area (Å²) in [7, 11) is -4.50. The van der Waals surface area contributed by atoms with Crippen molar-refractivity contribution in [3.63, 3.8) is 0 Å². The molecule has 2 aliphatic rings. The van der Waals surface area contributed by atoms with Crippen LogP contribution in [0.4, 0.5) is 0 Å². The van der Waals surface area contributed by atoms with Gasteiger partial charge in [-0.05, 0) is 0 Å². The summed E-state index contributed by atoms with van der Waals surface area (Å²) in [4.78, 5) is 17.4. The molecule has 20 heavy (non-hydrogen) atoms. The maximum absolute atomic E-state index is 10.7. The van der Waals surface area contributed by atoms with Crippen LogP contribution in [-0.4, -0.2) is 41.3 Å². The van der Waals surface area contributed by atoms with E-state index >= 15 is 0 Å². The first-order valence-corrected chi connectivity index (χ1v) is 7.73. The molecule has 2 saturated heterocycles. The topological polar surface area (TPSA) is 94.5 Å². The molecule has 0 amide bonds. The number of phosphoric acid groups is 1. The predicted octanol–water partition coefficient (Wildman–Crippen LogP) is 0.977. The summed E-state index contributed by atoms with van der Waals surface area (Å²) in [5.41, 5.74) is 0.900. The zero-order chi connectivity index (χ0) is 14.2. The first-order valence-electron chi connectivity index (χ1n) is 6.20. The summed E-state index contributed by atoms with van der Waals surface area (Å²) in [5, 5.41) is 0. The summed E-state index contributed by atoms with van der Waals surface area (Å²) in [6.07, 6.45) is -1.65. The molecule has 0 spiro atoms. The summed E-state index contributed by atoms with van der Waals surface area (Å²) in [5.74, 6) is 0. The Morgan fingerprint density at radius 3 is 2.70 bits per heavy atom. The highest BCUT2D eigenvalue weighted by molar-refractivity contribution is 7.46. The van der Waals surface area contributed by atoms with Gasteiger partial charge in [-0.2, -0.15) is 0 Å². The number of phosphoric ester groups is 1. The molecule has 0 bridgehead atoms. The SMILES string of the molecule is O=P(O)(O)OC[C@H]1OC[C@H]2OC(c3ccccc3)OC12. The van der Waals surface area contributed by atoms with Crippen molar-refractivity contribution in [1.82, 2.24) is 0 Å². The normalized spacial score (nSPS) is 33.3. The van der Waals surface area contributed by atoms with E-state index in [9.17, 15) is 4.57 Å². The number of benzene rings is 1. The number of hydrogen-bond donors (Lipinski definition) is 2. The molecule has 0 aliphatic carbocycles. The van der Waals surface area contributed by atoms with Gasteiger partial charge in [-0.25, -0.2) is 4.57 Å². The van der Waals surface area contributed by atoms with Crippen molar-refractivity contribution in [2.45, 2.75) is 24.6 Å². The van der Waals surface area contributed by atoms with Gasteiger partial charge in [0, 0.05) is 5.56 Å². The minimum absolute atomic E-state index is 0.226.